The molecular formula is C23H24FN5O5. The Morgan fingerprint density at radius 1 is 1.29 bits per heavy atom. The van der Waals surface area contributed by atoms with Gasteiger partial charge in [-0.2, -0.15) is 0 Å². The van der Waals surface area contributed by atoms with Crippen LogP contribution in [-0.2, 0) is 14.3 Å². The van der Waals surface area contributed by atoms with Crippen LogP contribution >= 0.6 is 0 Å². The number of hydrogen-bond acceptors (Lipinski definition) is 9. The molecule has 10 nitrogen and oxygen atoms in total. The van der Waals surface area contributed by atoms with E-state index in [0.717, 1.165) is 0 Å². The number of ether oxygens (including phenoxy) is 2. The molecule has 1 saturated heterocycles. The van der Waals surface area contributed by atoms with Gasteiger partial charge < -0.3 is 19.6 Å². The molecule has 0 unspecified atom stereocenters. The highest BCUT2D eigenvalue weighted by molar-refractivity contribution is 5.90. The van der Waals surface area contributed by atoms with E-state index in [4.69, 9.17) is 19.6 Å². The number of carbonyl (C=O) groups is 2. The average molecular weight is 469 g/mol. The van der Waals surface area contributed by atoms with Crippen LogP contribution in [0.3, 0.4) is 0 Å². The van der Waals surface area contributed by atoms with Gasteiger partial charge in [-0.05, 0) is 30.2 Å². The molecule has 1 aliphatic rings. The maximum absolute atomic E-state index is 14.9. The summed E-state index contributed by atoms with van der Waals surface area (Å²) in [4.78, 5) is 29.8. The number of esters is 1. The van der Waals surface area contributed by atoms with Crippen molar-refractivity contribution in [3.05, 3.63) is 48.2 Å². The molecule has 11 heteroatoms. The molecule has 1 aromatic carbocycles. The summed E-state index contributed by atoms with van der Waals surface area (Å²) in [5, 5.41) is 7.67. The number of nitrogens with zero attached hydrogens (tertiary/aromatic N) is 4. The molecule has 0 spiro atoms. The largest absolute Gasteiger partial charge is 0.460 e. The minimum absolute atomic E-state index is 0.0777. The second-order valence-electron chi connectivity index (χ2n) is 8.24. The SMILES string of the molecule is Cc1nnc(-c2ccc(-c3ccc(N4C[C@H](COC(=O)[C@@H](N)C(C)C)OC4=O)cc3F)cn2)o1. The van der Waals surface area contributed by atoms with Crippen LogP contribution in [0.2, 0.25) is 0 Å². The van der Waals surface area contributed by atoms with E-state index in [1.165, 1.54) is 17.2 Å². The molecule has 1 aliphatic heterocycles. The van der Waals surface area contributed by atoms with E-state index in [9.17, 15) is 14.0 Å². The fraction of sp³-hybridized carbons (Fsp3) is 0.348. The van der Waals surface area contributed by atoms with Crippen LogP contribution in [0.15, 0.2) is 40.9 Å². The van der Waals surface area contributed by atoms with Crippen LogP contribution < -0.4 is 10.6 Å². The number of carbonyl (C=O) groups excluding carboxylic acids is 2. The quantitative estimate of drug-likeness (QED) is 0.518. The van der Waals surface area contributed by atoms with Crippen molar-refractivity contribution in [2.45, 2.75) is 32.9 Å². The first kappa shape index (κ1) is 23.3. The van der Waals surface area contributed by atoms with Crippen molar-refractivity contribution in [3.8, 4) is 22.7 Å². The number of rotatable bonds is 7. The number of halogens is 1. The van der Waals surface area contributed by atoms with Gasteiger partial charge in [-0.15, -0.1) is 10.2 Å². The maximum atomic E-state index is 14.9. The summed E-state index contributed by atoms with van der Waals surface area (Å²) in [5.41, 5.74) is 7.41. The summed E-state index contributed by atoms with van der Waals surface area (Å²) < 4.78 is 30.7. The van der Waals surface area contributed by atoms with Gasteiger partial charge in [-0.25, -0.2) is 9.18 Å². The highest BCUT2D eigenvalue weighted by Crippen LogP contribution is 2.29. The average Bonchev–Trinajstić information content (AvgIpc) is 3.42. The molecule has 1 amide bonds. The number of amides is 1. The third kappa shape index (κ3) is 4.88. The topological polar surface area (TPSA) is 134 Å². The number of aryl methyl sites for hydroxylation is 1. The van der Waals surface area contributed by atoms with Crippen molar-refractivity contribution in [3.63, 3.8) is 0 Å². The van der Waals surface area contributed by atoms with Gasteiger partial charge >= 0.3 is 12.1 Å². The fourth-order valence-corrected chi connectivity index (χ4v) is 3.35. The summed E-state index contributed by atoms with van der Waals surface area (Å²) in [5.74, 6) is -0.479. The van der Waals surface area contributed by atoms with Crippen molar-refractivity contribution < 1.29 is 27.9 Å². The minimum Gasteiger partial charge on any atom is -0.460 e. The van der Waals surface area contributed by atoms with Gasteiger partial charge in [0.1, 0.15) is 24.2 Å². The van der Waals surface area contributed by atoms with E-state index >= 15 is 0 Å². The summed E-state index contributed by atoms with van der Waals surface area (Å²) >= 11 is 0. The lowest BCUT2D eigenvalue weighted by molar-refractivity contribution is -0.148. The normalized spacial score (nSPS) is 16.6. The molecule has 178 valence electrons. The zero-order valence-electron chi connectivity index (χ0n) is 18.9. The second kappa shape index (κ2) is 9.56. The molecule has 2 N–H and O–H groups in total. The van der Waals surface area contributed by atoms with Crippen LogP contribution in [0.25, 0.3) is 22.7 Å². The summed E-state index contributed by atoms with van der Waals surface area (Å²) in [6.07, 6.45) is 0.175. The molecular weight excluding hydrogens is 445 g/mol. The molecule has 3 aromatic rings. The molecule has 3 heterocycles. The van der Waals surface area contributed by atoms with Gasteiger partial charge in [-0.1, -0.05) is 19.9 Å². The number of hydrogen-bond donors (Lipinski definition) is 1. The first-order chi connectivity index (χ1) is 16.2. The lowest BCUT2D eigenvalue weighted by Crippen LogP contribution is -2.38. The summed E-state index contributed by atoms with van der Waals surface area (Å²) in [6, 6.07) is 7.00. The van der Waals surface area contributed by atoms with E-state index < -0.39 is 30.0 Å². The van der Waals surface area contributed by atoms with Crippen LogP contribution in [0, 0.1) is 18.7 Å². The Hall–Kier alpha value is -3.86. The van der Waals surface area contributed by atoms with Crippen molar-refractivity contribution in [1.29, 1.82) is 0 Å². The second-order valence-corrected chi connectivity index (χ2v) is 8.24. The lowest BCUT2D eigenvalue weighted by atomic mass is 10.1. The Morgan fingerprint density at radius 2 is 2.09 bits per heavy atom. The number of benzene rings is 1. The highest BCUT2D eigenvalue weighted by atomic mass is 19.1. The maximum Gasteiger partial charge on any atom is 0.414 e. The van der Waals surface area contributed by atoms with E-state index in [1.54, 1.807) is 45.0 Å². The zero-order valence-corrected chi connectivity index (χ0v) is 18.9. The third-order valence-corrected chi connectivity index (χ3v) is 5.36. The Morgan fingerprint density at radius 3 is 2.71 bits per heavy atom. The van der Waals surface area contributed by atoms with Crippen molar-refractivity contribution in [2.75, 3.05) is 18.1 Å². The van der Waals surface area contributed by atoms with Crippen molar-refractivity contribution >= 4 is 17.7 Å². The molecule has 1 fully saturated rings. The van der Waals surface area contributed by atoms with Gasteiger partial charge in [0.2, 0.25) is 5.89 Å². The summed E-state index contributed by atoms with van der Waals surface area (Å²) in [7, 11) is 0. The van der Waals surface area contributed by atoms with Gasteiger partial charge in [0.15, 0.2) is 6.10 Å². The number of nitrogens with two attached hydrogens (primary N) is 1. The molecule has 0 radical (unpaired) electrons. The minimum atomic E-state index is -0.755. The Labute approximate surface area is 194 Å². The van der Waals surface area contributed by atoms with Crippen LogP contribution in [0.4, 0.5) is 14.9 Å². The third-order valence-electron chi connectivity index (χ3n) is 5.36. The first-order valence-electron chi connectivity index (χ1n) is 10.7. The molecule has 0 aliphatic carbocycles. The first-order valence-corrected chi connectivity index (χ1v) is 10.7. The Bertz CT molecular complexity index is 1200. The van der Waals surface area contributed by atoms with Crippen molar-refractivity contribution in [1.82, 2.24) is 15.2 Å². The fourth-order valence-electron chi connectivity index (χ4n) is 3.35. The summed E-state index contributed by atoms with van der Waals surface area (Å²) in [6.45, 7) is 5.28. The van der Waals surface area contributed by atoms with Crippen LogP contribution in [-0.4, -0.2) is 52.5 Å². The number of pyridine rings is 1. The Kier molecular flexibility index (Phi) is 6.55. The van der Waals surface area contributed by atoms with Crippen LogP contribution in [0.5, 0.6) is 0 Å². The highest BCUT2D eigenvalue weighted by Gasteiger charge is 2.34. The molecule has 4 rings (SSSR count). The number of aromatic nitrogens is 3. The number of anilines is 1. The van der Waals surface area contributed by atoms with E-state index in [0.29, 0.717) is 28.4 Å². The van der Waals surface area contributed by atoms with Crippen LogP contribution in [0.1, 0.15) is 19.7 Å². The predicted octanol–water partition coefficient (Wildman–Crippen LogP) is 3.10. The van der Waals surface area contributed by atoms with Gasteiger partial charge in [-0.3, -0.25) is 14.7 Å². The molecule has 34 heavy (non-hydrogen) atoms. The molecule has 0 bridgehead atoms. The zero-order chi connectivity index (χ0) is 24.4. The van der Waals surface area contributed by atoms with Gasteiger partial charge in [0.05, 0.1) is 12.2 Å². The van der Waals surface area contributed by atoms with Gasteiger partial charge in [0.25, 0.3) is 5.89 Å². The monoisotopic (exact) mass is 469 g/mol. The molecule has 2 atom stereocenters. The van der Waals surface area contributed by atoms with Gasteiger partial charge in [0, 0.05) is 24.2 Å². The number of cyclic esters (lactones) is 1. The molecule has 0 saturated carbocycles. The van der Waals surface area contributed by atoms with E-state index in [1.807, 2.05) is 0 Å². The Balaban J connectivity index is 1.43. The lowest BCUT2D eigenvalue weighted by Gasteiger charge is -2.16. The predicted molar refractivity (Wildman–Crippen MR) is 119 cm³/mol. The molecule has 2 aromatic heterocycles. The van der Waals surface area contributed by atoms with Crippen molar-refractivity contribution in [2.24, 2.45) is 11.7 Å². The van der Waals surface area contributed by atoms with E-state index in [-0.39, 0.29) is 25.0 Å². The standard InChI is InChI=1S/C23H24FN5O5/c1-12(2)20(25)22(30)32-11-16-10-29(23(31)34-16)15-5-6-17(18(24)8-15)14-4-7-19(26-9-14)21-28-27-13(3)33-21/h4-9,12,16,20H,10-11,25H2,1-3H3/t16-,20+/m1/s1. The smallest absolute Gasteiger partial charge is 0.414 e. The van der Waals surface area contributed by atoms with E-state index in [2.05, 4.69) is 15.2 Å².